The van der Waals surface area contributed by atoms with E-state index in [1.807, 2.05) is 48.7 Å². The number of aromatic nitrogens is 2. The first kappa shape index (κ1) is 24.5. The number of carbonyl (C=O) groups is 1. The number of likely N-dealkylation sites (N-methyl/N-ethyl adjacent to an activating group) is 2. The highest BCUT2D eigenvalue weighted by Gasteiger charge is 2.20. The van der Waals surface area contributed by atoms with E-state index >= 15 is 0 Å². The third-order valence-corrected chi connectivity index (χ3v) is 7.06. The molecule has 2 aromatic carbocycles. The van der Waals surface area contributed by atoms with Gasteiger partial charge in [-0.1, -0.05) is 13.0 Å². The highest BCUT2D eigenvalue weighted by molar-refractivity contribution is 5.99. The first-order valence-corrected chi connectivity index (χ1v) is 12.8. The zero-order valence-electron chi connectivity index (χ0n) is 21.6. The van der Waals surface area contributed by atoms with Crippen LogP contribution in [0.3, 0.4) is 0 Å². The molecule has 8 heteroatoms. The molecule has 1 aliphatic rings. The largest absolute Gasteiger partial charge is 0.356 e. The number of imidazole rings is 1. The summed E-state index contributed by atoms with van der Waals surface area (Å²) in [5.74, 6) is 0.534. The number of amidine groups is 1. The van der Waals surface area contributed by atoms with Crippen LogP contribution in [-0.2, 0) is 6.54 Å². The third kappa shape index (κ3) is 4.93. The summed E-state index contributed by atoms with van der Waals surface area (Å²) in [6.07, 6.45) is 3.74. The lowest BCUT2D eigenvalue weighted by atomic mass is 10.0. The van der Waals surface area contributed by atoms with Crippen molar-refractivity contribution in [3.8, 4) is 11.3 Å². The Balaban J connectivity index is 1.34. The van der Waals surface area contributed by atoms with Crippen LogP contribution in [0.5, 0.6) is 0 Å². The molecule has 1 amide bonds. The Morgan fingerprint density at radius 1 is 1.08 bits per heavy atom. The van der Waals surface area contributed by atoms with Crippen molar-refractivity contribution in [1.82, 2.24) is 24.5 Å². The summed E-state index contributed by atoms with van der Waals surface area (Å²) in [6.45, 7) is 8.37. The Morgan fingerprint density at radius 2 is 1.89 bits per heavy atom. The molecule has 5 rings (SSSR count). The summed E-state index contributed by atoms with van der Waals surface area (Å²) < 4.78 is 2.06. The first-order valence-electron chi connectivity index (χ1n) is 12.8. The van der Waals surface area contributed by atoms with Gasteiger partial charge in [-0.15, -0.1) is 0 Å². The van der Waals surface area contributed by atoms with Crippen molar-refractivity contribution in [2.45, 2.75) is 20.4 Å². The van der Waals surface area contributed by atoms with Crippen LogP contribution >= 0.6 is 0 Å². The molecule has 0 unspecified atom stereocenters. The molecule has 0 saturated carbocycles. The molecular weight excluding hydrogens is 462 g/mol. The predicted molar refractivity (Wildman–Crippen MR) is 149 cm³/mol. The molecule has 4 aromatic rings. The second-order valence-electron chi connectivity index (χ2n) is 9.33. The van der Waals surface area contributed by atoms with Crippen LogP contribution in [0.25, 0.3) is 16.9 Å². The summed E-state index contributed by atoms with van der Waals surface area (Å²) in [7, 11) is 2.10. The SMILES string of the molecule is CCN(C)CCN(CC)C(=N)c1ccc(Nc2ccc(-c3ccc4c(c3)CNC4=O)n3ccnc23)cc1. The molecule has 0 atom stereocenters. The molecular formula is C29H33N7O. The van der Waals surface area contributed by atoms with Crippen LogP contribution in [0, 0.1) is 5.41 Å². The van der Waals surface area contributed by atoms with Crippen molar-refractivity contribution >= 4 is 28.8 Å². The van der Waals surface area contributed by atoms with Gasteiger partial charge in [0, 0.05) is 55.4 Å². The zero-order chi connectivity index (χ0) is 25.9. The molecule has 190 valence electrons. The summed E-state index contributed by atoms with van der Waals surface area (Å²) in [5, 5.41) is 15.0. The number of nitrogens with zero attached hydrogens (tertiary/aromatic N) is 4. The van der Waals surface area contributed by atoms with Crippen LogP contribution in [0.2, 0.25) is 0 Å². The Labute approximate surface area is 217 Å². The van der Waals surface area contributed by atoms with E-state index in [1.54, 1.807) is 6.20 Å². The number of hydrogen-bond donors (Lipinski definition) is 3. The standard InChI is InChI=1S/C29H33N7O/c1-4-34(3)16-17-35(5-2)27(30)20-6-9-23(10-7-20)33-25-12-13-26(36-15-14-31-28(25)36)21-8-11-24-22(18-21)19-32-29(24)37/h6-15,18,30,33H,4-5,16-17,19H2,1-3H3,(H,32,37). The normalized spacial score (nSPS) is 12.6. The van der Waals surface area contributed by atoms with E-state index in [0.29, 0.717) is 12.4 Å². The first-order chi connectivity index (χ1) is 18.0. The predicted octanol–water partition coefficient (Wildman–Crippen LogP) is 4.59. The smallest absolute Gasteiger partial charge is 0.251 e. The topological polar surface area (TPSA) is 88.8 Å². The Morgan fingerprint density at radius 3 is 2.65 bits per heavy atom. The van der Waals surface area contributed by atoms with Crippen molar-refractivity contribution in [2.75, 3.05) is 38.5 Å². The fourth-order valence-electron chi connectivity index (χ4n) is 4.67. The Hall–Kier alpha value is -4.17. The van der Waals surface area contributed by atoms with E-state index in [-0.39, 0.29) is 5.91 Å². The van der Waals surface area contributed by atoms with Crippen molar-refractivity contribution in [3.05, 3.63) is 83.7 Å². The second kappa shape index (κ2) is 10.4. The van der Waals surface area contributed by atoms with Gasteiger partial charge in [0.05, 0.1) is 11.4 Å². The highest BCUT2D eigenvalue weighted by Crippen LogP contribution is 2.30. The average Bonchev–Trinajstić information content (AvgIpc) is 3.56. The van der Waals surface area contributed by atoms with E-state index in [0.717, 1.165) is 71.1 Å². The lowest BCUT2D eigenvalue weighted by Gasteiger charge is -2.26. The van der Waals surface area contributed by atoms with Gasteiger partial charge in [-0.05, 0) is 80.2 Å². The number of pyridine rings is 1. The van der Waals surface area contributed by atoms with Gasteiger partial charge in [-0.2, -0.15) is 0 Å². The fourth-order valence-corrected chi connectivity index (χ4v) is 4.67. The minimum atomic E-state index is -0.0125. The number of benzene rings is 2. The van der Waals surface area contributed by atoms with Gasteiger partial charge in [0.1, 0.15) is 5.84 Å². The fraction of sp³-hybridized carbons (Fsp3) is 0.276. The quantitative estimate of drug-likeness (QED) is 0.234. The molecule has 0 fully saturated rings. The minimum Gasteiger partial charge on any atom is -0.356 e. The molecule has 0 saturated heterocycles. The van der Waals surface area contributed by atoms with Crippen LogP contribution < -0.4 is 10.6 Å². The second-order valence-corrected chi connectivity index (χ2v) is 9.33. The highest BCUT2D eigenvalue weighted by atomic mass is 16.1. The number of fused-ring (bicyclic) bond motifs is 2. The number of carbonyl (C=O) groups excluding carboxylic acids is 1. The molecule has 0 aliphatic carbocycles. The van der Waals surface area contributed by atoms with Crippen molar-refractivity contribution in [3.63, 3.8) is 0 Å². The zero-order valence-corrected chi connectivity index (χ0v) is 21.6. The van der Waals surface area contributed by atoms with Gasteiger partial charge < -0.3 is 20.4 Å². The molecule has 1 aliphatic heterocycles. The summed E-state index contributed by atoms with van der Waals surface area (Å²) in [6, 6.07) is 18.1. The van der Waals surface area contributed by atoms with Crippen LogP contribution in [-0.4, -0.2) is 64.2 Å². The molecule has 0 radical (unpaired) electrons. The van der Waals surface area contributed by atoms with E-state index in [2.05, 4.69) is 62.8 Å². The maximum Gasteiger partial charge on any atom is 0.251 e. The summed E-state index contributed by atoms with van der Waals surface area (Å²) >= 11 is 0. The molecule has 8 nitrogen and oxygen atoms in total. The van der Waals surface area contributed by atoms with E-state index in [1.165, 1.54) is 0 Å². The van der Waals surface area contributed by atoms with Gasteiger partial charge in [0.2, 0.25) is 0 Å². The maximum absolute atomic E-state index is 11.9. The molecule has 3 heterocycles. The minimum absolute atomic E-state index is 0.0125. The maximum atomic E-state index is 11.9. The molecule has 37 heavy (non-hydrogen) atoms. The lowest BCUT2D eigenvalue weighted by Crippen LogP contribution is -2.37. The van der Waals surface area contributed by atoms with Gasteiger partial charge in [-0.3, -0.25) is 14.6 Å². The molecule has 2 aromatic heterocycles. The molecule has 3 N–H and O–H groups in total. The monoisotopic (exact) mass is 495 g/mol. The Bertz CT molecular complexity index is 1440. The van der Waals surface area contributed by atoms with Gasteiger partial charge in [-0.25, -0.2) is 4.98 Å². The van der Waals surface area contributed by atoms with Crippen LogP contribution in [0.4, 0.5) is 11.4 Å². The van der Waals surface area contributed by atoms with Crippen molar-refractivity contribution < 1.29 is 4.79 Å². The third-order valence-electron chi connectivity index (χ3n) is 7.06. The molecule has 0 bridgehead atoms. The van der Waals surface area contributed by atoms with Crippen molar-refractivity contribution in [1.29, 1.82) is 5.41 Å². The average molecular weight is 496 g/mol. The number of anilines is 2. The van der Waals surface area contributed by atoms with E-state index < -0.39 is 0 Å². The van der Waals surface area contributed by atoms with E-state index in [4.69, 9.17) is 5.41 Å². The number of hydrogen-bond acceptors (Lipinski definition) is 5. The number of nitrogens with one attached hydrogen (secondary N) is 3. The van der Waals surface area contributed by atoms with E-state index in [9.17, 15) is 4.79 Å². The van der Waals surface area contributed by atoms with Crippen molar-refractivity contribution in [2.24, 2.45) is 0 Å². The van der Waals surface area contributed by atoms with Crippen LogP contribution in [0.15, 0.2) is 67.0 Å². The van der Waals surface area contributed by atoms with Crippen LogP contribution in [0.1, 0.15) is 35.3 Å². The molecule has 0 spiro atoms. The van der Waals surface area contributed by atoms with Gasteiger partial charge >= 0.3 is 0 Å². The van der Waals surface area contributed by atoms with Gasteiger partial charge in [0.25, 0.3) is 5.91 Å². The lowest BCUT2D eigenvalue weighted by molar-refractivity contribution is 0.0965. The summed E-state index contributed by atoms with van der Waals surface area (Å²) in [5.41, 5.74) is 7.37. The Kier molecular flexibility index (Phi) is 6.92. The van der Waals surface area contributed by atoms with Gasteiger partial charge in [0.15, 0.2) is 5.65 Å². The summed E-state index contributed by atoms with van der Waals surface area (Å²) in [4.78, 5) is 20.9. The number of rotatable bonds is 9. The number of amides is 1.